The van der Waals surface area contributed by atoms with Gasteiger partial charge in [-0.05, 0) is 98.2 Å². The van der Waals surface area contributed by atoms with E-state index in [4.69, 9.17) is 17.0 Å². The molecule has 0 radical (unpaired) electrons. The van der Waals surface area contributed by atoms with E-state index in [1.807, 2.05) is 36.5 Å². The Morgan fingerprint density at radius 2 is 1.73 bits per heavy atom. The molecule has 3 heterocycles. The predicted octanol–water partition coefficient (Wildman–Crippen LogP) is 6.02. The van der Waals surface area contributed by atoms with E-state index in [2.05, 4.69) is 70.9 Å². The highest BCUT2D eigenvalue weighted by atomic mass is 32.1. The molecule has 7 heteroatoms. The lowest BCUT2D eigenvalue weighted by Crippen LogP contribution is -2.29. The molecule has 37 heavy (non-hydrogen) atoms. The van der Waals surface area contributed by atoms with E-state index in [1.54, 1.807) is 12.1 Å². The predicted molar refractivity (Wildman–Crippen MR) is 150 cm³/mol. The molecule has 5 rings (SSSR count). The number of anilines is 1. The zero-order chi connectivity index (χ0) is 26.1. The van der Waals surface area contributed by atoms with Crippen LogP contribution in [-0.2, 0) is 11.2 Å². The average Bonchev–Trinajstić information content (AvgIpc) is 3.43. The summed E-state index contributed by atoms with van der Waals surface area (Å²) in [7, 11) is 1.39. The molecule has 1 N–H and O–H groups in total. The Kier molecular flexibility index (Phi) is 6.80. The summed E-state index contributed by atoms with van der Waals surface area (Å²) in [5.74, 6) is -0.346. The van der Waals surface area contributed by atoms with Crippen molar-refractivity contribution in [2.24, 2.45) is 0 Å². The number of nitrogens with zero attached hydrogens (tertiary/aromatic N) is 3. The van der Waals surface area contributed by atoms with Crippen LogP contribution >= 0.6 is 12.2 Å². The summed E-state index contributed by atoms with van der Waals surface area (Å²) in [6.45, 7) is 6.39. The van der Waals surface area contributed by atoms with Gasteiger partial charge in [0.15, 0.2) is 5.11 Å². The van der Waals surface area contributed by atoms with Gasteiger partial charge in [-0.2, -0.15) is 0 Å². The monoisotopic (exact) mass is 510 g/mol. The first-order valence-electron chi connectivity index (χ1n) is 12.4. The van der Waals surface area contributed by atoms with Gasteiger partial charge < -0.3 is 19.5 Å². The molecule has 4 aromatic rings. The second kappa shape index (κ2) is 10.2. The van der Waals surface area contributed by atoms with Crippen LogP contribution in [0.15, 0.2) is 79.0 Å². The third kappa shape index (κ3) is 4.51. The summed E-state index contributed by atoms with van der Waals surface area (Å²) in [4.78, 5) is 18.8. The number of thiocarbonyl (C=S) groups is 1. The van der Waals surface area contributed by atoms with Crippen LogP contribution in [0.2, 0.25) is 0 Å². The number of aromatic nitrogens is 2. The number of benzene rings is 2. The highest BCUT2D eigenvalue weighted by molar-refractivity contribution is 7.80. The lowest BCUT2D eigenvalue weighted by molar-refractivity contribution is 0.0600. The number of carbonyl (C=O) groups is 1. The molecule has 188 valence electrons. The Bertz CT molecular complexity index is 1430. The van der Waals surface area contributed by atoms with Gasteiger partial charge >= 0.3 is 5.97 Å². The topological polar surface area (TPSA) is 59.4 Å². The zero-order valence-electron chi connectivity index (χ0n) is 21.4. The number of carbonyl (C=O) groups excluding carboxylic acids is 1. The normalized spacial score (nSPS) is 17.1. The minimum atomic E-state index is -0.346. The molecule has 0 amide bonds. The summed E-state index contributed by atoms with van der Waals surface area (Å²) in [6, 6.07) is 24.1. The van der Waals surface area contributed by atoms with Crippen molar-refractivity contribution < 1.29 is 9.53 Å². The van der Waals surface area contributed by atoms with Gasteiger partial charge in [-0.15, -0.1) is 0 Å². The molecule has 1 aliphatic heterocycles. The van der Waals surface area contributed by atoms with Crippen molar-refractivity contribution in [2.45, 2.75) is 39.3 Å². The van der Waals surface area contributed by atoms with Crippen LogP contribution in [0.3, 0.4) is 0 Å². The van der Waals surface area contributed by atoms with Crippen molar-refractivity contribution in [3.63, 3.8) is 0 Å². The Labute approximate surface area is 222 Å². The maximum Gasteiger partial charge on any atom is 0.337 e. The average molecular weight is 511 g/mol. The third-order valence-electron chi connectivity index (χ3n) is 7.06. The smallest absolute Gasteiger partial charge is 0.337 e. The van der Waals surface area contributed by atoms with Crippen LogP contribution < -0.4 is 10.2 Å². The Morgan fingerprint density at radius 1 is 1.03 bits per heavy atom. The van der Waals surface area contributed by atoms with E-state index < -0.39 is 0 Å². The van der Waals surface area contributed by atoms with Gasteiger partial charge in [0.25, 0.3) is 0 Å². The molecule has 0 aliphatic carbocycles. The zero-order valence-corrected chi connectivity index (χ0v) is 22.3. The molecule has 0 bridgehead atoms. The van der Waals surface area contributed by atoms with Gasteiger partial charge in [-0.1, -0.05) is 25.1 Å². The molecule has 0 saturated carbocycles. The van der Waals surface area contributed by atoms with Crippen molar-refractivity contribution in [1.82, 2.24) is 14.9 Å². The number of ether oxygens (including phenoxy) is 1. The van der Waals surface area contributed by atoms with Crippen molar-refractivity contribution in [3.8, 4) is 5.69 Å². The van der Waals surface area contributed by atoms with Gasteiger partial charge in [-0.25, -0.2) is 4.79 Å². The van der Waals surface area contributed by atoms with Crippen molar-refractivity contribution >= 4 is 29.0 Å². The highest BCUT2D eigenvalue weighted by Gasteiger charge is 2.42. The lowest BCUT2D eigenvalue weighted by Gasteiger charge is -2.28. The highest BCUT2D eigenvalue weighted by Crippen LogP contribution is 2.43. The largest absolute Gasteiger partial charge is 0.465 e. The van der Waals surface area contributed by atoms with Crippen LogP contribution in [0.4, 0.5) is 5.69 Å². The van der Waals surface area contributed by atoms with Crippen LogP contribution in [-0.4, -0.2) is 27.7 Å². The van der Waals surface area contributed by atoms with Crippen LogP contribution in [0, 0.1) is 13.8 Å². The first kappa shape index (κ1) is 24.7. The number of nitrogens with one attached hydrogen (secondary N) is 1. The summed E-state index contributed by atoms with van der Waals surface area (Å²) < 4.78 is 7.07. The molecule has 1 aliphatic rings. The fraction of sp³-hybridized carbons (Fsp3) is 0.233. The maximum absolute atomic E-state index is 11.9. The second-order valence-electron chi connectivity index (χ2n) is 9.22. The van der Waals surface area contributed by atoms with Crippen molar-refractivity contribution in [2.75, 3.05) is 12.0 Å². The number of aryl methyl sites for hydroxylation is 2. The van der Waals surface area contributed by atoms with Gasteiger partial charge in [-0.3, -0.25) is 4.98 Å². The van der Waals surface area contributed by atoms with Gasteiger partial charge in [0.1, 0.15) is 0 Å². The molecule has 1 fully saturated rings. The van der Waals surface area contributed by atoms with E-state index in [0.717, 1.165) is 40.4 Å². The van der Waals surface area contributed by atoms with Gasteiger partial charge in [0, 0.05) is 29.0 Å². The first-order chi connectivity index (χ1) is 17.9. The molecule has 2 aromatic carbocycles. The standard InChI is InChI=1S/C30H30N4O2S/c1-5-21-9-13-24(14-10-21)34-28(27(32-30(34)37)26-8-6-7-17-31-26)25-18-19(2)33(20(25)3)23-15-11-22(12-16-23)29(35)36-4/h6-18,27-28H,5H2,1-4H3,(H,32,37)/t27-,28-/m0/s1. The quantitative estimate of drug-likeness (QED) is 0.253. The molecule has 2 atom stereocenters. The molecular formula is C30H30N4O2S. The fourth-order valence-electron chi connectivity index (χ4n) is 5.19. The fourth-order valence-corrected chi connectivity index (χ4v) is 5.54. The van der Waals surface area contributed by atoms with Crippen molar-refractivity contribution in [1.29, 1.82) is 0 Å². The van der Waals surface area contributed by atoms with E-state index in [9.17, 15) is 4.79 Å². The number of hydrogen-bond acceptors (Lipinski definition) is 4. The molecule has 0 spiro atoms. The van der Waals surface area contributed by atoms with Gasteiger partial charge in [0.2, 0.25) is 0 Å². The maximum atomic E-state index is 11.9. The number of methoxy groups -OCH3 is 1. The number of rotatable bonds is 6. The number of hydrogen-bond donors (Lipinski definition) is 1. The molecular weight excluding hydrogens is 480 g/mol. The molecule has 1 saturated heterocycles. The van der Waals surface area contributed by atoms with E-state index in [-0.39, 0.29) is 18.1 Å². The first-order valence-corrected chi connectivity index (χ1v) is 12.8. The lowest BCUT2D eigenvalue weighted by atomic mass is 9.96. The minimum absolute atomic E-state index is 0.0934. The SMILES string of the molecule is CCc1ccc(N2C(=S)N[C@@H](c3ccccn3)[C@@H]2c2cc(C)n(-c3ccc(C(=O)OC)cc3)c2C)cc1. The Hall–Kier alpha value is -3.97. The Balaban J connectivity index is 1.62. The second-order valence-corrected chi connectivity index (χ2v) is 9.60. The summed E-state index contributed by atoms with van der Waals surface area (Å²) in [5, 5.41) is 4.23. The minimum Gasteiger partial charge on any atom is -0.465 e. The van der Waals surface area contributed by atoms with E-state index >= 15 is 0 Å². The number of esters is 1. The van der Waals surface area contributed by atoms with Crippen LogP contribution in [0.5, 0.6) is 0 Å². The molecule has 6 nitrogen and oxygen atoms in total. The molecule has 0 unspecified atom stereocenters. The summed E-state index contributed by atoms with van der Waals surface area (Å²) in [6.07, 6.45) is 2.81. The Morgan fingerprint density at radius 3 is 2.35 bits per heavy atom. The van der Waals surface area contributed by atoms with E-state index in [1.165, 1.54) is 12.7 Å². The summed E-state index contributed by atoms with van der Waals surface area (Å²) >= 11 is 5.90. The number of pyridine rings is 1. The van der Waals surface area contributed by atoms with Crippen molar-refractivity contribution in [3.05, 3.63) is 113 Å². The van der Waals surface area contributed by atoms with Gasteiger partial charge in [0.05, 0.1) is 30.5 Å². The van der Waals surface area contributed by atoms with Crippen LogP contribution in [0.1, 0.15) is 57.6 Å². The van der Waals surface area contributed by atoms with Crippen LogP contribution in [0.25, 0.3) is 5.69 Å². The molecule has 2 aromatic heterocycles. The summed E-state index contributed by atoms with van der Waals surface area (Å²) in [5.41, 5.74) is 8.14. The third-order valence-corrected chi connectivity index (χ3v) is 7.37. The van der Waals surface area contributed by atoms with E-state index in [0.29, 0.717) is 10.7 Å².